The summed E-state index contributed by atoms with van der Waals surface area (Å²) < 4.78 is 4.89. The minimum absolute atomic E-state index is 0.0555. The predicted molar refractivity (Wildman–Crippen MR) is 105 cm³/mol. The number of carbonyl (C=O) groups excluding carboxylic acids is 3. The second kappa shape index (κ2) is 6.88. The SMILES string of the molecule is CC(=O)OCC(=O)[C@@]1(O)CC[C@@H]2[C@@H]3CC[C@H]4CC(=O)CC[C@]4(C)[C@@H]3[C@@H](O)C[C@@]21C. The van der Waals surface area contributed by atoms with Crippen molar-refractivity contribution in [2.24, 2.45) is 34.5 Å². The van der Waals surface area contributed by atoms with Crippen molar-refractivity contribution in [2.75, 3.05) is 6.61 Å². The van der Waals surface area contributed by atoms with Crippen LogP contribution in [0.4, 0.5) is 0 Å². The van der Waals surface area contributed by atoms with E-state index in [-0.39, 0.29) is 23.2 Å². The van der Waals surface area contributed by atoms with Gasteiger partial charge in [-0.05, 0) is 67.6 Å². The third kappa shape index (κ3) is 2.93. The van der Waals surface area contributed by atoms with Crippen molar-refractivity contribution in [3.63, 3.8) is 0 Å². The fourth-order valence-electron chi connectivity index (χ4n) is 7.92. The summed E-state index contributed by atoms with van der Waals surface area (Å²) in [7, 11) is 0. The van der Waals surface area contributed by atoms with E-state index in [2.05, 4.69) is 6.92 Å². The second-order valence-electron chi connectivity index (χ2n) is 10.6. The molecule has 4 aliphatic rings. The molecular weight excluding hydrogens is 372 g/mol. The van der Waals surface area contributed by atoms with Crippen molar-refractivity contribution < 1.29 is 29.3 Å². The summed E-state index contributed by atoms with van der Waals surface area (Å²) in [4.78, 5) is 36.1. The van der Waals surface area contributed by atoms with E-state index in [1.807, 2.05) is 6.92 Å². The van der Waals surface area contributed by atoms with Crippen molar-refractivity contribution in [2.45, 2.75) is 83.8 Å². The molecule has 0 unspecified atom stereocenters. The maximum atomic E-state index is 12.9. The van der Waals surface area contributed by atoms with Gasteiger partial charge in [-0.1, -0.05) is 13.8 Å². The summed E-state index contributed by atoms with van der Waals surface area (Å²) in [5, 5.41) is 22.8. The number of aliphatic hydroxyl groups is 2. The van der Waals surface area contributed by atoms with E-state index in [1.165, 1.54) is 6.92 Å². The summed E-state index contributed by atoms with van der Waals surface area (Å²) in [5.74, 6) is 0.182. The first-order valence-corrected chi connectivity index (χ1v) is 11.1. The van der Waals surface area contributed by atoms with Crippen LogP contribution in [0.2, 0.25) is 0 Å². The highest BCUT2D eigenvalue weighted by atomic mass is 16.5. The molecule has 0 bridgehead atoms. The molecule has 0 radical (unpaired) electrons. The second-order valence-corrected chi connectivity index (χ2v) is 10.6. The van der Waals surface area contributed by atoms with Crippen LogP contribution in [0.5, 0.6) is 0 Å². The van der Waals surface area contributed by atoms with E-state index in [9.17, 15) is 24.6 Å². The average molecular weight is 407 g/mol. The molecule has 4 aliphatic carbocycles. The lowest BCUT2D eigenvalue weighted by molar-refractivity contribution is -0.199. The van der Waals surface area contributed by atoms with Gasteiger partial charge >= 0.3 is 5.97 Å². The molecule has 0 heterocycles. The summed E-state index contributed by atoms with van der Waals surface area (Å²) in [6.45, 7) is 5.02. The van der Waals surface area contributed by atoms with E-state index in [0.29, 0.717) is 37.4 Å². The lowest BCUT2D eigenvalue weighted by Gasteiger charge is -2.62. The largest absolute Gasteiger partial charge is 0.458 e. The van der Waals surface area contributed by atoms with Gasteiger partial charge in [-0.15, -0.1) is 0 Å². The minimum Gasteiger partial charge on any atom is -0.458 e. The molecule has 0 saturated heterocycles. The Morgan fingerprint density at radius 2 is 1.90 bits per heavy atom. The molecular formula is C23H34O6. The molecule has 0 spiro atoms. The van der Waals surface area contributed by atoms with Crippen molar-refractivity contribution in [3.8, 4) is 0 Å². The predicted octanol–water partition coefficient (Wildman–Crippen LogP) is 2.43. The van der Waals surface area contributed by atoms with Crippen LogP contribution < -0.4 is 0 Å². The smallest absolute Gasteiger partial charge is 0.303 e. The molecule has 8 atom stereocenters. The molecule has 162 valence electrons. The van der Waals surface area contributed by atoms with Gasteiger partial charge in [-0.3, -0.25) is 14.4 Å². The number of carbonyl (C=O) groups is 3. The Morgan fingerprint density at radius 3 is 2.59 bits per heavy atom. The van der Waals surface area contributed by atoms with Crippen molar-refractivity contribution >= 4 is 17.5 Å². The van der Waals surface area contributed by atoms with Crippen LogP contribution in [0.25, 0.3) is 0 Å². The Kier molecular flexibility index (Phi) is 4.97. The molecule has 6 heteroatoms. The number of hydrogen-bond acceptors (Lipinski definition) is 6. The number of ether oxygens (including phenoxy) is 1. The topological polar surface area (TPSA) is 101 Å². The molecule has 0 aliphatic heterocycles. The number of fused-ring (bicyclic) bond motifs is 5. The number of aliphatic hydroxyl groups excluding tert-OH is 1. The first-order valence-electron chi connectivity index (χ1n) is 11.1. The Bertz CT molecular complexity index is 733. The van der Waals surface area contributed by atoms with E-state index in [0.717, 1.165) is 25.7 Å². The molecule has 4 saturated carbocycles. The fraction of sp³-hybridized carbons (Fsp3) is 0.870. The number of hydrogen-bond donors (Lipinski definition) is 2. The first-order chi connectivity index (χ1) is 13.5. The normalized spacial score (nSPS) is 49.0. The summed E-state index contributed by atoms with van der Waals surface area (Å²) >= 11 is 0. The zero-order valence-electron chi connectivity index (χ0n) is 17.8. The highest BCUT2D eigenvalue weighted by Gasteiger charge is 2.68. The molecule has 6 nitrogen and oxygen atoms in total. The van der Waals surface area contributed by atoms with Crippen LogP contribution in [-0.4, -0.2) is 46.1 Å². The summed E-state index contributed by atoms with van der Waals surface area (Å²) in [6.07, 6.45) is 4.81. The highest BCUT2D eigenvalue weighted by molar-refractivity contribution is 5.91. The standard InChI is InChI=1S/C23H34O6/c1-13(24)29-12-19(27)23(28)9-7-17-16-5-4-14-10-15(25)6-8-21(14,2)20(16)18(26)11-22(17,23)3/h14,16-18,20,26,28H,4-12H2,1-3H3/t14-,16-,17+,18-,20-,21-,22-,23-/m0/s1. The van der Waals surface area contributed by atoms with Crippen LogP contribution in [-0.2, 0) is 19.1 Å². The lowest BCUT2D eigenvalue weighted by atomic mass is 9.43. The van der Waals surface area contributed by atoms with E-state index in [4.69, 9.17) is 4.74 Å². The van der Waals surface area contributed by atoms with Gasteiger partial charge in [0.15, 0.2) is 6.61 Å². The molecule has 0 aromatic rings. The number of rotatable bonds is 3. The highest BCUT2D eigenvalue weighted by Crippen LogP contribution is 2.68. The van der Waals surface area contributed by atoms with Crippen molar-refractivity contribution in [3.05, 3.63) is 0 Å². The molecule has 29 heavy (non-hydrogen) atoms. The van der Waals surface area contributed by atoms with E-state index < -0.39 is 35.5 Å². The molecule has 4 fully saturated rings. The first kappa shape index (κ1) is 21.0. The van der Waals surface area contributed by atoms with E-state index >= 15 is 0 Å². The van der Waals surface area contributed by atoms with Crippen LogP contribution >= 0.6 is 0 Å². The number of ketones is 2. The maximum absolute atomic E-state index is 12.9. The molecule has 0 amide bonds. The third-order valence-electron chi connectivity index (χ3n) is 9.43. The molecule has 0 aromatic heterocycles. The van der Waals surface area contributed by atoms with E-state index in [1.54, 1.807) is 0 Å². The van der Waals surface area contributed by atoms with Crippen LogP contribution in [0.3, 0.4) is 0 Å². The number of Topliss-reactive ketones (excluding diaryl/α,β-unsaturated/α-hetero) is 2. The van der Waals surface area contributed by atoms with Gasteiger partial charge in [0, 0.05) is 25.2 Å². The van der Waals surface area contributed by atoms with Crippen molar-refractivity contribution in [1.82, 2.24) is 0 Å². The molecule has 4 rings (SSSR count). The van der Waals surface area contributed by atoms with Gasteiger partial charge < -0.3 is 14.9 Å². The Hall–Kier alpha value is -1.27. The van der Waals surface area contributed by atoms with Crippen LogP contribution in [0.1, 0.15) is 72.1 Å². The van der Waals surface area contributed by atoms with Crippen LogP contribution in [0, 0.1) is 34.5 Å². The minimum atomic E-state index is -1.57. The Morgan fingerprint density at radius 1 is 1.17 bits per heavy atom. The fourth-order valence-corrected chi connectivity index (χ4v) is 7.92. The lowest BCUT2D eigenvalue weighted by Crippen LogP contribution is -2.63. The van der Waals surface area contributed by atoms with Crippen LogP contribution in [0.15, 0.2) is 0 Å². The van der Waals surface area contributed by atoms with Gasteiger partial charge in [0.2, 0.25) is 5.78 Å². The Balaban J connectivity index is 1.63. The van der Waals surface area contributed by atoms with Gasteiger partial charge in [-0.2, -0.15) is 0 Å². The molecule has 0 aromatic carbocycles. The zero-order chi connectivity index (χ0) is 21.2. The maximum Gasteiger partial charge on any atom is 0.303 e. The third-order valence-corrected chi connectivity index (χ3v) is 9.43. The molecule has 2 N–H and O–H groups in total. The Labute approximate surface area is 172 Å². The van der Waals surface area contributed by atoms with Gasteiger partial charge in [-0.25, -0.2) is 0 Å². The zero-order valence-corrected chi connectivity index (χ0v) is 17.8. The summed E-state index contributed by atoms with van der Waals surface area (Å²) in [6, 6.07) is 0. The number of esters is 1. The quantitative estimate of drug-likeness (QED) is 0.698. The van der Waals surface area contributed by atoms with Crippen molar-refractivity contribution in [1.29, 1.82) is 0 Å². The van der Waals surface area contributed by atoms with Gasteiger partial charge in [0.1, 0.15) is 11.4 Å². The van der Waals surface area contributed by atoms with Gasteiger partial charge in [0.05, 0.1) is 6.10 Å². The summed E-state index contributed by atoms with van der Waals surface area (Å²) in [5.41, 5.74) is -2.35. The monoisotopic (exact) mass is 406 g/mol. The van der Waals surface area contributed by atoms with Gasteiger partial charge in [0.25, 0.3) is 0 Å². The average Bonchev–Trinajstić information content (AvgIpc) is 2.91.